The number of hydrogen-bond donors (Lipinski definition) is 2. The lowest BCUT2D eigenvalue weighted by Gasteiger charge is -2.16. The Bertz CT molecular complexity index is 437. The number of amides is 1. The second kappa shape index (κ2) is 7.33. The SMILES string of the molecule is CCC(CSC)NC(=O)c1nc(C(C)C)ncc1N. The van der Waals surface area contributed by atoms with Crippen LogP contribution in [0.4, 0.5) is 5.69 Å². The summed E-state index contributed by atoms with van der Waals surface area (Å²) >= 11 is 1.71. The molecule has 3 N–H and O–H groups in total. The number of carbonyl (C=O) groups is 1. The Labute approximate surface area is 118 Å². The number of thioether (sulfide) groups is 1. The summed E-state index contributed by atoms with van der Waals surface area (Å²) in [6, 6.07) is 0.138. The number of hydrogen-bond acceptors (Lipinski definition) is 5. The van der Waals surface area contributed by atoms with Crippen molar-refractivity contribution < 1.29 is 4.79 Å². The molecule has 1 unspecified atom stereocenters. The highest BCUT2D eigenvalue weighted by Gasteiger charge is 2.17. The van der Waals surface area contributed by atoms with Gasteiger partial charge in [0.2, 0.25) is 0 Å². The van der Waals surface area contributed by atoms with Crippen molar-refractivity contribution in [3.63, 3.8) is 0 Å². The van der Waals surface area contributed by atoms with E-state index < -0.39 is 0 Å². The molecule has 1 amide bonds. The van der Waals surface area contributed by atoms with E-state index in [-0.39, 0.29) is 23.6 Å². The molecular formula is C13H22N4OS. The molecule has 0 aliphatic rings. The van der Waals surface area contributed by atoms with Crippen LogP contribution >= 0.6 is 11.8 Å². The number of anilines is 1. The van der Waals surface area contributed by atoms with Crippen molar-refractivity contribution in [2.24, 2.45) is 0 Å². The summed E-state index contributed by atoms with van der Waals surface area (Å²) in [5, 5.41) is 2.96. The van der Waals surface area contributed by atoms with Gasteiger partial charge in [-0.05, 0) is 12.7 Å². The molecule has 1 aromatic heterocycles. The van der Waals surface area contributed by atoms with Crippen LogP contribution in [-0.4, -0.2) is 33.9 Å². The molecule has 0 fully saturated rings. The quantitative estimate of drug-likeness (QED) is 0.834. The molecule has 0 saturated carbocycles. The van der Waals surface area contributed by atoms with E-state index in [1.165, 1.54) is 6.20 Å². The third kappa shape index (κ3) is 4.38. The van der Waals surface area contributed by atoms with E-state index in [0.717, 1.165) is 12.2 Å². The van der Waals surface area contributed by atoms with Crippen LogP contribution in [0.1, 0.15) is 49.4 Å². The molecule has 0 aromatic carbocycles. The second-order valence-electron chi connectivity index (χ2n) is 4.72. The normalized spacial score (nSPS) is 12.5. The van der Waals surface area contributed by atoms with Crippen molar-refractivity contribution in [1.29, 1.82) is 0 Å². The van der Waals surface area contributed by atoms with Gasteiger partial charge < -0.3 is 11.1 Å². The molecule has 19 heavy (non-hydrogen) atoms. The number of carbonyl (C=O) groups excluding carboxylic acids is 1. The molecule has 0 aliphatic heterocycles. The predicted octanol–water partition coefficient (Wildman–Crippen LogP) is 2.05. The second-order valence-corrected chi connectivity index (χ2v) is 5.63. The van der Waals surface area contributed by atoms with Gasteiger partial charge in [-0.15, -0.1) is 0 Å². The minimum absolute atomic E-state index is 0.138. The molecule has 1 atom stereocenters. The monoisotopic (exact) mass is 282 g/mol. The third-order valence-electron chi connectivity index (χ3n) is 2.76. The third-order valence-corrected chi connectivity index (χ3v) is 3.50. The summed E-state index contributed by atoms with van der Waals surface area (Å²) in [4.78, 5) is 20.6. The van der Waals surface area contributed by atoms with E-state index in [4.69, 9.17) is 5.73 Å². The van der Waals surface area contributed by atoms with E-state index >= 15 is 0 Å². The maximum atomic E-state index is 12.2. The predicted molar refractivity (Wildman–Crippen MR) is 80.5 cm³/mol. The molecule has 0 radical (unpaired) electrons. The maximum absolute atomic E-state index is 12.2. The highest BCUT2D eigenvalue weighted by Crippen LogP contribution is 2.14. The zero-order valence-electron chi connectivity index (χ0n) is 11.9. The lowest BCUT2D eigenvalue weighted by Crippen LogP contribution is -2.37. The first-order valence-electron chi connectivity index (χ1n) is 6.41. The fourth-order valence-corrected chi connectivity index (χ4v) is 2.30. The first-order chi connectivity index (χ1) is 8.99. The largest absolute Gasteiger partial charge is 0.396 e. The van der Waals surface area contributed by atoms with Gasteiger partial charge in [0.15, 0.2) is 5.69 Å². The fraction of sp³-hybridized carbons (Fsp3) is 0.615. The van der Waals surface area contributed by atoms with Crippen molar-refractivity contribution in [1.82, 2.24) is 15.3 Å². The zero-order chi connectivity index (χ0) is 14.4. The van der Waals surface area contributed by atoms with Crippen LogP contribution in [0, 0.1) is 0 Å². The van der Waals surface area contributed by atoms with Crippen LogP contribution in [0.25, 0.3) is 0 Å². The average molecular weight is 282 g/mol. The van der Waals surface area contributed by atoms with Gasteiger partial charge in [-0.3, -0.25) is 4.79 Å². The van der Waals surface area contributed by atoms with Gasteiger partial charge in [0.25, 0.3) is 5.91 Å². The number of nitrogens with zero attached hydrogens (tertiary/aromatic N) is 2. The first kappa shape index (κ1) is 15.8. The van der Waals surface area contributed by atoms with Gasteiger partial charge in [-0.25, -0.2) is 9.97 Å². The Hall–Kier alpha value is -1.30. The Kier molecular flexibility index (Phi) is 6.08. The zero-order valence-corrected chi connectivity index (χ0v) is 12.8. The van der Waals surface area contributed by atoms with Crippen molar-refractivity contribution in [3.05, 3.63) is 17.7 Å². The molecule has 0 saturated heterocycles. The fourth-order valence-electron chi connectivity index (χ4n) is 1.58. The molecule has 5 nitrogen and oxygen atoms in total. The van der Waals surface area contributed by atoms with Crippen LogP contribution in [0.3, 0.4) is 0 Å². The lowest BCUT2D eigenvalue weighted by molar-refractivity contribution is 0.0935. The van der Waals surface area contributed by atoms with E-state index in [1.54, 1.807) is 11.8 Å². The molecule has 0 aliphatic carbocycles. The number of rotatable bonds is 6. The van der Waals surface area contributed by atoms with E-state index in [1.807, 2.05) is 27.0 Å². The van der Waals surface area contributed by atoms with Gasteiger partial charge in [0.1, 0.15) is 5.82 Å². The molecule has 6 heteroatoms. The minimum atomic E-state index is -0.220. The van der Waals surface area contributed by atoms with Crippen molar-refractivity contribution in [2.75, 3.05) is 17.7 Å². The highest BCUT2D eigenvalue weighted by molar-refractivity contribution is 7.98. The maximum Gasteiger partial charge on any atom is 0.272 e. The van der Waals surface area contributed by atoms with E-state index in [0.29, 0.717) is 11.5 Å². The lowest BCUT2D eigenvalue weighted by atomic mass is 10.2. The van der Waals surface area contributed by atoms with Gasteiger partial charge in [-0.2, -0.15) is 11.8 Å². The van der Waals surface area contributed by atoms with Crippen molar-refractivity contribution in [2.45, 2.75) is 39.2 Å². The average Bonchev–Trinajstić information content (AvgIpc) is 2.38. The van der Waals surface area contributed by atoms with Crippen LogP contribution in [0.5, 0.6) is 0 Å². The molecule has 0 spiro atoms. The number of aromatic nitrogens is 2. The van der Waals surface area contributed by atoms with Crippen molar-refractivity contribution in [3.8, 4) is 0 Å². The Morgan fingerprint density at radius 2 is 2.21 bits per heavy atom. The van der Waals surface area contributed by atoms with Crippen molar-refractivity contribution >= 4 is 23.4 Å². The topological polar surface area (TPSA) is 80.9 Å². The Morgan fingerprint density at radius 1 is 1.53 bits per heavy atom. The molecule has 1 rings (SSSR count). The summed E-state index contributed by atoms with van der Waals surface area (Å²) in [6.45, 7) is 6.01. The van der Waals surface area contributed by atoms with Crippen LogP contribution < -0.4 is 11.1 Å². The van der Waals surface area contributed by atoms with E-state index in [9.17, 15) is 4.79 Å². The molecular weight excluding hydrogens is 260 g/mol. The van der Waals surface area contributed by atoms with Crippen LogP contribution in [-0.2, 0) is 0 Å². The first-order valence-corrected chi connectivity index (χ1v) is 7.81. The number of nitrogens with two attached hydrogens (primary N) is 1. The molecule has 1 aromatic rings. The molecule has 0 bridgehead atoms. The highest BCUT2D eigenvalue weighted by atomic mass is 32.2. The summed E-state index contributed by atoms with van der Waals surface area (Å²) in [6.07, 6.45) is 4.41. The summed E-state index contributed by atoms with van der Waals surface area (Å²) < 4.78 is 0. The Balaban J connectivity index is 2.89. The Morgan fingerprint density at radius 3 is 2.74 bits per heavy atom. The van der Waals surface area contributed by atoms with Gasteiger partial charge in [0.05, 0.1) is 11.9 Å². The molecule has 106 valence electrons. The van der Waals surface area contributed by atoms with Gasteiger partial charge >= 0.3 is 0 Å². The summed E-state index contributed by atoms with van der Waals surface area (Å²) in [5.74, 6) is 1.46. The summed E-state index contributed by atoms with van der Waals surface area (Å²) in [7, 11) is 0. The summed E-state index contributed by atoms with van der Waals surface area (Å²) in [5.41, 5.74) is 6.39. The van der Waals surface area contributed by atoms with Crippen LogP contribution in [0.2, 0.25) is 0 Å². The number of nitrogen functional groups attached to an aromatic ring is 1. The van der Waals surface area contributed by atoms with Gasteiger partial charge in [-0.1, -0.05) is 20.8 Å². The smallest absolute Gasteiger partial charge is 0.272 e. The minimum Gasteiger partial charge on any atom is -0.396 e. The van der Waals surface area contributed by atoms with E-state index in [2.05, 4.69) is 15.3 Å². The van der Waals surface area contributed by atoms with Crippen LogP contribution in [0.15, 0.2) is 6.20 Å². The molecule has 1 heterocycles. The standard InChI is InChI=1S/C13H22N4OS/c1-5-9(7-19-4)16-13(18)11-10(14)6-15-12(17-11)8(2)3/h6,8-9H,5,7,14H2,1-4H3,(H,16,18). The number of nitrogens with one attached hydrogen (secondary N) is 1. The van der Waals surface area contributed by atoms with Gasteiger partial charge in [0, 0.05) is 17.7 Å².